The molecule has 0 bridgehead atoms. The minimum Gasteiger partial charge on any atom is -0.318 e. The van der Waals surface area contributed by atoms with E-state index in [-0.39, 0.29) is 21.4 Å². The van der Waals surface area contributed by atoms with Crippen molar-refractivity contribution in [2.24, 2.45) is 0 Å². The molecule has 0 unspecified atom stereocenters. The molecule has 0 spiro atoms. The fourth-order valence-corrected chi connectivity index (χ4v) is 2.17. The third-order valence-corrected chi connectivity index (χ3v) is 3.40. The second-order valence-electron chi connectivity index (χ2n) is 4.16. The van der Waals surface area contributed by atoms with Gasteiger partial charge < -0.3 is 10.6 Å². The van der Waals surface area contributed by atoms with Crippen LogP contribution in [-0.2, 0) is 9.59 Å². The highest BCUT2D eigenvalue weighted by Gasteiger charge is 2.16. The van der Waals surface area contributed by atoms with E-state index in [0.29, 0.717) is 5.02 Å². The lowest BCUT2D eigenvalue weighted by atomic mass is 10.3. The Bertz CT molecular complexity index is 753. The van der Waals surface area contributed by atoms with Gasteiger partial charge in [-0.2, -0.15) is 0 Å². The topological polar surface area (TPSA) is 58.2 Å². The van der Waals surface area contributed by atoms with Crippen LogP contribution in [0, 0.1) is 5.82 Å². The van der Waals surface area contributed by atoms with Crippen LogP contribution in [0.25, 0.3) is 0 Å². The lowest BCUT2D eigenvalue weighted by Gasteiger charge is -2.08. The van der Waals surface area contributed by atoms with E-state index < -0.39 is 17.6 Å². The molecule has 2 aromatic carbocycles. The first kappa shape index (κ1) is 16.5. The van der Waals surface area contributed by atoms with Crippen molar-refractivity contribution in [1.29, 1.82) is 0 Å². The molecule has 0 radical (unpaired) electrons. The van der Waals surface area contributed by atoms with Crippen LogP contribution in [0.5, 0.6) is 0 Å². The van der Waals surface area contributed by atoms with Crippen LogP contribution < -0.4 is 10.6 Å². The number of benzene rings is 2. The van der Waals surface area contributed by atoms with Crippen molar-refractivity contribution in [3.8, 4) is 0 Å². The summed E-state index contributed by atoms with van der Waals surface area (Å²) in [5.74, 6) is -2.52. The Morgan fingerprint density at radius 3 is 2.18 bits per heavy atom. The summed E-state index contributed by atoms with van der Waals surface area (Å²) in [6.45, 7) is 0. The zero-order chi connectivity index (χ0) is 16.3. The molecule has 2 amide bonds. The van der Waals surface area contributed by atoms with Gasteiger partial charge in [0.2, 0.25) is 0 Å². The molecule has 0 saturated carbocycles. The standard InChI is InChI=1S/C14H8Cl3FN2O2/c15-7-1-4-12(10(17)5-7)20-14(22)13(21)19-8-2-3-11(18)9(16)6-8/h1-6H,(H,19,21)(H,20,22). The van der Waals surface area contributed by atoms with Crippen molar-refractivity contribution >= 4 is 58.0 Å². The molecule has 8 heteroatoms. The monoisotopic (exact) mass is 360 g/mol. The zero-order valence-electron chi connectivity index (χ0n) is 10.8. The molecule has 0 aliphatic rings. The third kappa shape index (κ3) is 4.10. The highest BCUT2D eigenvalue weighted by atomic mass is 35.5. The Morgan fingerprint density at radius 2 is 1.55 bits per heavy atom. The molecule has 0 aromatic heterocycles. The highest BCUT2D eigenvalue weighted by Crippen LogP contribution is 2.25. The molecule has 2 rings (SSSR count). The van der Waals surface area contributed by atoms with E-state index >= 15 is 0 Å². The molecule has 0 aliphatic heterocycles. The number of rotatable bonds is 2. The van der Waals surface area contributed by atoms with E-state index in [0.717, 1.165) is 6.07 Å². The summed E-state index contributed by atoms with van der Waals surface area (Å²) in [6.07, 6.45) is 0. The summed E-state index contributed by atoms with van der Waals surface area (Å²) < 4.78 is 13.0. The molecule has 0 atom stereocenters. The summed E-state index contributed by atoms with van der Waals surface area (Å²) in [5, 5.41) is 5.05. The molecular weight excluding hydrogens is 354 g/mol. The van der Waals surface area contributed by atoms with Crippen molar-refractivity contribution in [2.75, 3.05) is 10.6 Å². The molecule has 0 fully saturated rings. The van der Waals surface area contributed by atoms with Gasteiger partial charge in [0.05, 0.1) is 15.7 Å². The second kappa shape index (κ2) is 6.96. The maximum atomic E-state index is 13.0. The zero-order valence-corrected chi connectivity index (χ0v) is 13.1. The number of carbonyl (C=O) groups excluding carboxylic acids is 2. The van der Waals surface area contributed by atoms with Gasteiger partial charge >= 0.3 is 11.8 Å². The van der Waals surface area contributed by atoms with E-state index in [2.05, 4.69) is 10.6 Å². The van der Waals surface area contributed by atoms with Gasteiger partial charge in [-0.05, 0) is 36.4 Å². The minimum absolute atomic E-state index is 0.168. The number of nitrogens with one attached hydrogen (secondary N) is 2. The van der Waals surface area contributed by atoms with Crippen LogP contribution in [0.4, 0.5) is 15.8 Å². The molecule has 2 aromatic rings. The molecule has 0 aliphatic carbocycles. The Labute approximate surface area is 140 Å². The normalized spacial score (nSPS) is 10.2. The van der Waals surface area contributed by atoms with Crippen molar-refractivity contribution in [2.45, 2.75) is 0 Å². The van der Waals surface area contributed by atoms with Crippen LogP contribution in [0.1, 0.15) is 0 Å². The Kier molecular flexibility index (Phi) is 5.24. The highest BCUT2D eigenvalue weighted by molar-refractivity contribution is 6.45. The smallest absolute Gasteiger partial charge is 0.314 e. The Balaban J connectivity index is 2.05. The molecule has 0 saturated heterocycles. The van der Waals surface area contributed by atoms with Gasteiger partial charge in [-0.3, -0.25) is 9.59 Å². The average molecular weight is 362 g/mol. The van der Waals surface area contributed by atoms with E-state index in [1.165, 1.54) is 30.3 Å². The van der Waals surface area contributed by atoms with Crippen LogP contribution in [0.2, 0.25) is 15.1 Å². The van der Waals surface area contributed by atoms with E-state index in [1.807, 2.05) is 0 Å². The lowest BCUT2D eigenvalue weighted by molar-refractivity contribution is -0.132. The van der Waals surface area contributed by atoms with Crippen LogP contribution in [-0.4, -0.2) is 11.8 Å². The summed E-state index contributed by atoms with van der Waals surface area (Å²) >= 11 is 17.2. The average Bonchev–Trinajstić information content (AvgIpc) is 2.45. The van der Waals surface area contributed by atoms with Gasteiger partial charge in [0.25, 0.3) is 0 Å². The molecule has 2 N–H and O–H groups in total. The van der Waals surface area contributed by atoms with Crippen LogP contribution >= 0.6 is 34.8 Å². The Morgan fingerprint density at radius 1 is 0.864 bits per heavy atom. The fourth-order valence-electron chi connectivity index (χ4n) is 1.53. The minimum atomic E-state index is -0.950. The largest absolute Gasteiger partial charge is 0.318 e. The lowest BCUT2D eigenvalue weighted by Crippen LogP contribution is -2.29. The number of halogens is 4. The first-order valence-electron chi connectivity index (χ1n) is 5.89. The van der Waals surface area contributed by atoms with E-state index in [1.54, 1.807) is 0 Å². The SMILES string of the molecule is O=C(Nc1ccc(F)c(Cl)c1)C(=O)Nc1ccc(Cl)cc1Cl. The third-order valence-electron chi connectivity index (χ3n) is 2.56. The molecule has 0 heterocycles. The predicted octanol–water partition coefficient (Wildman–Crippen LogP) is 4.36. The van der Waals surface area contributed by atoms with Crippen LogP contribution in [0.3, 0.4) is 0 Å². The van der Waals surface area contributed by atoms with E-state index in [9.17, 15) is 14.0 Å². The number of anilines is 2. The summed E-state index contributed by atoms with van der Waals surface area (Å²) in [7, 11) is 0. The van der Waals surface area contributed by atoms with Gasteiger partial charge in [0.15, 0.2) is 0 Å². The van der Waals surface area contributed by atoms with Gasteiger partial charge in [-0.25, -0.2) is 4.39 Å². The van der Waals surface area contributed by atoms with Gasteiger partial charge in [-0.15, -0.1) is 0 Å². The molecule has 114 valence electrons. The van der Waals surface area contributed by atoms with Crippen molar-refractivity contribution in [3.05, 3.63) is 57.3 Å². The maximum absolute atomic E-state index is 13.0. The number of hydrogen-bond acceptors (Lipinski definition) is 2. The van der Waals surface area contributed by atoms with E-state index in [4.69, 9.17) is 34.8 Å². The number of amides is 2. The van der Waals surface area contributed by atoms with Gasteiger partial charge in [-0.1, -0.05) is 34.8 Å². The predicted molar refractivity (Wildman–Crippen MR) is 85.1 cm³/mol. The molecular formula is C14H8Cl3FN2O2. The number of carbonyl (C=O) groups is 2. The number of hydrogen-bond donors (Lipinski definition) is 2. The summed E-state index contributed by atoms with van der Waals surface area (Å²) in [6, 6.07) is 7.95. The summed E-state index contributed by atoms with van der Waals surface area (Å²) in [4.78, 5) is 23.5. The maximum Gasteiger partial charge on any atom is 0.314 e. The van der Waals surface area contributed by atoms with Crippen molar-refractivity contribution < 1.29 is 14.0 Å². The van der Waals surface area contributed by atoms with Crippen molar-refractivity contribution in [3.63, 3.8) is 0 Å². The van der Waals surface area contributed by atoms with Gasteiger partial charge in [0.1, 0.15) is 5.82 Å². The summed E-state index contributed by atoms with van der Waals surface area (Å²) in [5.41, 5.74) is 0.428. The van der Waals surface area contributed by atoms with Crippen molar-refractivity contribution in [1.82, 2.24) is 0 Å². The fraction of sp³-hybridized carbons (Fsp3) is 0. The molecule has 22 heavy (non-hydrogen) atoms. The van der Waals surface area contributed by atoms with Gasteiger partial charge in [0, 0.05) is 10.7 Å². The second-order valence-corrected chi connectivity index (χ2v) is 5.41. The Hall–Kier alpha value is -1.82. The molecule has 4 nitrogen and oxygen atoms in total. The first-order valence-corrected chi connectivity index (χ1v) is 7.02. The first-order chi connectivity index (χ1) is 10.4. The van der Waals surface area contributed by atoms with Crippen LogP contribution in [0.15, 0.2) is 36.4 Å². The quantitative estimate of drug-likeness (QED) is 0.781.